The predicted octanol–water partition coefficient (Wildman–Crippen LogP) is 5.16. The first-order valence-electron chi connectivity index (χ1n) is 7.73. The minimum absolute atomic E-state index is 0.353. The van der Waals surface area contributed by atoms with Crippen molar-refractivity contribution in [1.82, 2.24) is 0 Å². The maximum atomic E-state index is 12.0. The van der Waals surface area contributed by atoms with Crippen LogP contribution in [0.25, 0.3) is 37.9 Å². The number of esters is 1. The molecule has 0 aliphatic heterocycles. The molecule has 0 bridgehead atoms. The zero-order chi connectivity index (χ0) is 16.0. The van der Waals surface area contributed by atoms with E-state index in [9.17, 15) is 4.79 Å². The maximum absolute atomic E-state index is 12.0. The van der Waals surface area contributed by atoms with Crippen LogP contribution in [0.15, 0.2) is 61.2 Å². The summed E-state index contributed by atoms with van der Waals surface area (Å²) in [7, 11) is 0. The van der Waals surface area contributed by atoms with E-state index in [1.54, 1.807) is 6.92 Å². The minimum Gasteiger partial charge on any atom is -0.462 e. The SMILES string of the molecule is C=C(C(=O)OCC)c1cc2ccc3cccc4ccc(c1)c2c34. The van der Waals surface area contributed by atoms with Gasteiger partial charge >= 0.3 is 5.97 Å². The van der Waals surface area contributed by atoms with Crippen molar-refractivity contribution in [1.29, 1.82) is 0 Å². The Balaban J connectivity index is 2.00. The summed E-state index contributed by atoms with van der Waals surface area (Å²) < 4.78 is 5.07. The fourth-order valence-electron chi connectivity index (χ4n) is 3.26. The number of hydrogen-bond acceptors (Lipinski definition) is 2. The van der Waals surface area contributed by atoms with E-state index >= 15 is 0 Å². The van der Waals surface area contributed by atoms with Crippen LogP contribution in [0.5, 0.6) is 0 Å². The zero-order valence-corrected chi connectivity index (χ0v) is 12.9. The van der Waals surface area contributed by atoms with Crippen molar-refractivity contribution in [2.75, 3.05) is 6.61 Å². The number of carbonyl (C=O) groups excluding carboxylic acids is 1. The lowest BCUT2D eigenvalue weighted by atomic mass is 9.91. The average molecular weight is 300 g/mol. The Labute approximate surface area is 134 Å². The second-order valence-electron chi connectivity index (χ2n) is 5.71. The van der Waals surface area contributed by atoms with Gasteiger partial charge in [0.2, 0.25) is 0 Å². The first kappa shape index (κ1) is 13.8. The summed E-state index contributed by atoms with van der Waals surface area (Å²) in [6, 6.07) is 18.8. The first-order valence-corrected chi connectivity index (χ1v) is 7.73. The summed E-state index contributed by atoms with van der Waals surface area (Å²) in [5, 5.41) is 7.21. The standard InChI is InChI=1S/C21H16O2/c1-3-23-21(22)13(2)18-11-16-9-7-14-5-4-6-15-8-10-17(12-18)20(16)19(14)15/h4-12H,2-3H2,1H3. The molecule has 4 aromatic rings. The van der Waals surface area contributed by atoms with Gasteiger partial charge in [-0.1, -0.05) is 49.0 Å². The van der Waals surface area contributed by atoms with Gasteiger partial charge < -0.3 is 4.74 Å². The topological polar surface area (TPSA) is 26.3 Å². The monoisotopic (exact) mass is 300 g/mol. The molecular formula is C21H16O2. The molecular weight excluding hydrogens is 284 g/mol. The molecule has 0 aliphatic rings. The van der Waals surface area contributed by atoms with E-state index in [0.717, 1.165) is 16.3 Å². The van der Waals surface area contributed by atoms with Crippen LogP contribution in [0.4, 0.5) is 0 Å². The van der Waals surface area contributed by atoms with E-state index < -0.39 is 0 Å². The molecule has 112 valence electrons. The molecule has 0 radical (unpaired) electrons. The number of benzene rings is 4. The fraction of sp³-hybridized carbons (Fsp3) is 0.0952. The third-order valence-electron chi connectivity index (χ3n) is 4.33. The van der Waals surface area contributed by atoms with Gasteiger partial charge in [0.25, 0.3) is 0 Å². The molecule has 0 amide bonds. The van der Waals surface area contributed by atoms with Gasteiger partial charge in [0.15, 0.2) is 0 Å². The third kappa shape index (κ3) is 2.07. The molecule has 0 unspecified atom stereocenters. The lowest BCUT2D eigenvalue weighted by molar-refractivity contribution is -0.136. The number of ether oxygens (including phenoxy) is 1. The van der Waals surface area contributed by atoms with Gasteiger partial charge in [-0.25, -0.2) is 4.79 Å². The molecule has 0 aliphatic carbocycles. The highest BCUT2D eigenvalue weighted by Crippen LogP contribution is 2.36. The molecule has 0 saturated heterocycles. The third-order valence-corrected chi connectivity index (χ3v) is 4.33. The van der Waals surface area contributed by atoms with E-state index in [1.807, 2.05) is 12.1 Å². The number of carbonyl (C=O) groups is 1. The summed E-state index contributed by atoms with van der Waals surface area (Å²) in [4.78, 5) is 12.0. The molecule has 23 heavy (non-hydrogen) atoms. The van der Waals surface area contributed by atoms with Gasteiger partial charge in [-0.2, -0.15) is 0 Å². The Morgan fingerprint density at radius 2 is 1.43 bits per heavy atom. The van der Waals surface area contributed by atoms with Crippen molar-refractivity contribution in [2.45, 2.75) is 6.92 Å². The van der Waals surface area contributed by atoms with E-state index in [0.29, 0.717) is 12.2 Å². The summed E-state index contributed by atoms with van der Waals surface area (Å²) in [6.45, 7) is 6.06. The second kappa shape index (κ2) is 5.10. The Morgan fingerprint density at radius 1 is 0.913 bits per heavy atom. The fourth-order valence-corrected chi connectivity index (χ4v) is 3.26. The van der Waals surface area contributed by atoms with Gasteiger partial charge in [0.05, 0.1) is 12.2 Å². The van der Waals surface area contributed by atoms with Gasteiger partial charge in [-0.15, -0.1) is 0 Å². The Bertz CT molecular complexity index is 996. The van der Waals surface area contributed by atoms with Crippen molar-refractivity contribution in [3.05, 3.63) is 66.7 Å². The molecule has 4 rings (SSSR count). The van der Waals surface area contributed by atoms with Crippen LogP contribution in [0.2, 0.25) is 0 Å². The molecule has 2 nitrogen and oxygen atoms in total. The molecule has 2 heteroatoms. The van der Waals surface area contributed by atoms with E-state index in [4.69, 9.17) is 4.74 Å². The molecule has 0 atom stereocenters. The Kier molecular flexibility index (Phi) is 3.05. The number of hydrogen-bond donors (Lipinski definition) is 0. The highest BCUT2D eigenvalue weighted by Gasteiger charge is 2.14. The van der Waals surface area contributed by atoms with Crippen molar-refractivity contribution in [2.24, 2.45) is 0 Å². The van der Waals surface area contributed by atoms with Crippen molar-refractivity contribution < 1.29 is 9.53 Å². The molecule has 0 heterocycles. The lowest BCUT2D eigenvalue weighted by Crippen LogP contribution is -2.05. The largest absolute Gasteiger partial charge is 0.462 e. The van der Waals surface area contributed by atoms with Gasteiger partial charge in [0, 0.05) is 0 Å². The summed E-state index contributed by atoms with van der Waals surface area (Å²) in [5.41, 5.74) is 1.21. The smallest absolute Gasteiger partial charge is 0.338 e. The van der Waals surface area contributed by atoms with Crippen LogP contribution in [-0.2, 0) is 9.53 Å². The molecule has 0 saturated carbocycles. The van der Waals surface area contributed by atoms with E-state index in [2.05, 4.69) is 49.0 Å². The molecule has 0 N–H and O–H groups in total. The van der Waals surface area contributed by atoms with Crippen LogP contribution in [-0.4, -0.2) is 12.6 Å². The van der Waals surface area contributed by atoms with Gasteiger partial charge in [-0.05, 0) is 56.9 Å². The molecule has 0 spiro atoms. The van der Waals surface area contributed by atoms with E-state index in [1.165, 1.54) is 21.5 Å². The van der Waals surface area contributed by atoms with E-state index in [-0.39, 0.29) is 5.97 Å². The second-order valence-corrected chi connectivity index (χ2v) is 5.71. The summed E-state index contributed by atoms with van der Waals surface area (Å²) >= 11 is 0. The Morgan fingerprint density at radius 3 is 2.00 bits per heavy atom. The highest BCUT2D eigenvalue weighted by molar-refractivity contribution is 6.25. The summed E-state index contributed by atoms with van der Waals surface area (Å²) in [5.74, 6) is -0.361. The van der Waals surface area contributed by atoms with Crippen LogP contribution in [0, 0.1) is 0 Å². The van der Waals surface area contributed by atoms with Crippen molar-refractivity contribution in [3.8, 4) is 0 Å². The van der Waals surface area contributed by atoms with Crippen LogP contribution >= 0.6 is 0 Å². The Hall–Kier alpha value is -2.87. The highest BCUT2D eigenvalue weighted by atomic mass is 16.5. The van der Waals surface area contributed by atoms with Crippen LogP contribution < -0.4 is 0 Å². The molecule has 4 aromatic carbocycles. The predicted molar refractivity (Wildman–Crippen MR) is 95.8 cm³/mol. The molecule has 0 aromatic heterocycles. The zero-order valence-electron chi connectivity index (χ0n) is 12.9. The average Bonchev–Trinajstić information content (AvgIpc) is 2.59. The minimum atomic E-state index is -0.361. The van der Waals surface area contributed by atoms with Crippen LogP contribution in [0.1, 0.15) is 12.5 Å². The van der Waals surface area contributed by atoms with Crippen molar-refractivity contribution in [3.63, 3.8) is 0 Å². The molecule has 0 fully saturated rings. The van der Waals surface area contributed by atoms with Gasteiger partial charge in [0.1, 0.15) is 0 Å². The summed E-state index contributed by atoms with van der Waals surface area (Å²) in [6.07, 6.45) is 0. The van der Waals surface area contributed by atoms with Crippen molar-refractivity contribution >= 4 is 43.9 Å². The quantitative estimate of drug-likeness (QED) is 0.297. The number of rotatable bonds is 3. The maximum Gasteiger partial charge on any atom is 0.338 e. The normalized spacial score (nSPS) is 11.3. The first-order chi connectivity index (χ1) is 11.2. The van der Waals surface area contributed by atoms with Crippen LogP contribution in [0.3, 0.4) is 0 Å². The lowest BCUT2D eigenvalue weighted by Gasteiger charge is -2.13. The van der Waals surface area contributed by atoms with Gasteiger partial charge in [-0.3, -0.25) is 0 Å².